The smallest absolute Gasteiger partial charge is 0.226 e. The molecule has 0 saturated carbocycles. The van der Waals surface area contributed by atoms with Crippen LogP contribution in [0.2, 0.25) is 5.02 Å². The summed E-state index contributed by atoms with van der Waals surface area (Å²) in [6.45, 7) is 2.20. The van der Waals surface area contributed by atoms with Gasteiger partial charge in [-0.05, 0) is 30.5 Å². The van der Waals surface area contributed by atoms with Gasteiger partial charge in [-0.25, -0.2) is 0 Å². The molecule has 0 aromatic heterocycles. The lowest BCUT2D eigenvalue weighted by molar-refractivity contribution is -0.132. The first-order valence-corrected chi connectivity index (χ1v) is 7.55. The van der Waals surface area contributed by atoms with Crippen LogP contribution in [0.25, 0.3) is 0 Å². The highest BCUT2D eigenvalue weighted by Crippen LogP contribution is 2.38. The molecule has 1 aromatic rings. The molecule has 1 N–H and O–H groups in total. The molecule has 114 valence electrons. The lowest BCUT2D eigenvalue weighted by atomic mass is 10.1. The van der Waals surface area contributed by atoms with Crippen LogP contribution in [0.5, 0.6) is 11.5 Å². The Hall–Kier alpha value is -1.46. The minimum Gasteiger partial charge on any atom is -0.486 e. The normalized spacial score (nSPS) is 18.7. The number of carbonyl (C=O) groups is 1. The molecule has 2 aliphatic rings. The molecule has 6 heteroatoms. The van der Waals surface area contributed by atoms with Gasteiger partial charge in [0.15, 0.2) is 11.5 Å². The Morgan fingerprint density at radius 1 is 1.29 bits per heavy atom. The van der Waals surface area contributed by atoms with Gasteiger partial charge in [0.2, 0.25) is 5.91 Å². The van der Waals surface area contributed by atoms with Crippen LogP contribution in [0.1, 0.15) is 18.4 Å². The molecule has 1 fully saturated rings. The lowest BCUT2D eigenvalue weighted by Gasteiger charge is -2.29. The van der Waals surface area contributed by atoms with Gasteiger partial charge in [0.1, 0.15) is 13.2 Å². The van der Waals surface area contributed by atoms with Crippen molar-refractivity contribution in [1.29, 1.82) is 0 Å². The van der Waals surface area contributed by atoms with Crippen molar-refractivity contribution in [2.45, 2.75) is 25.4 Å². The molecule has 5 nitrogen and oxygen atoms in total. The molecule has 0 bridgehead atoms. The number of hydrogen-bond acceptors (Lipinski definition) is 4. The number of hydrogen-bond donors (Lipinski definition) is 1. The number of fused-ring (bicyclic) bond motifs is 1. The van der Waals surface area contributed by atoms with E-state index in [1.807, 2.05) is 6.07 Å². The SMILES string of the molecule is O=C(Cc1cc(Cl)c2c(c1)OCCO2)N1CCC(O)CC1. The second-order valence-corrected chi connectivity index (χ2v) is 5.80. The summed E-state index contributed by atoms with van der Waals surface area (Å²) in [7, 11) is 0. The Balaban J connectivity index is 1.70. The van der Waals surface area contributed by atoms with Crippen LogP contribution < -0.4 is 9.47 Å². The Morgan fingerprint density at radius 3 is 2.76 bits per heavy atom. The number of nitrogens with zero attached hydrogens (tertiary/aromatic N) is 1. The Bertz CT molecular complexity index is 541. The zero-order valence-corrected chi connectivity index (χ0v) is 12.4. The van der Waals surface area contributed by atoms with E-state index in [9.17, 15) is 9.90 Å². The van der Waals surface area contributed by atoms with Gasteiger partial charge in [-0.15, -0.1) is 0 Å². The van der Waals surface area contributed by atoms with Crippen molar-refractivity contribution < 1.29 is 19.4 Å². The van der Waals surface area contributed by atoms with Crippen LogP contribution in [-0.4, -0.2) is 48.3 Å². The fourth-order valence-electron chi connectivity index (χ4n) is 2.67. The number of halogens is 1. The highest BCUT2D eigenvalue weighted by Gasteiger charge is 2.23. The van der Waals surface area contributed by atoms with Crippen molar-refractivity contribution in [3.05, 3.63) is 22.7 Å². The lowest BCUT2D eigenvalue weighted by Crippen LogP contribution is -2.40. The summed E-state index contributed by atoms with van der Waals surface area (Å²) in [4.78, 5) is 14.1. The standard InChI is InChI=1S/C15H18ClNO4/c16-12-7-10(8-13-15(12)21-6-5-20-13)9-14(19)17-3-1-11(18)2-4-17/h7-8,11,18H,1-6,9H2. The molecule has 21 heavy (non-hydrogen) atoms. The molecule has 0 atom stereocenters. The molecule has 0 unspecified atom stereocenters. The van der Waals surface area contributed by atoms with Crippen LogP contribution in [0.4, 0.5) is 0 Å². The number of ether oxygens (including phenoxy) is 2. The van der Waals surface area contributed by atoms with E-state index in [4.69, 9.17) is 21.1 Å². The zero-order valence-electron chi connectivity index (χ0n) is 11.7. The van der Waals surface area contributed by atoms with E-state index in [1.165, 1.54) is 0 Å². The predicted molar refractivity (Wildman–Crippen MR) is 78.0 cm³/mol. The summed E-state index contributed by atoms with van der Waals surface area (Å²) in [5, 5.41) is 9.96. The average molecular weight is 312 g/mol. The van der Waals surface area contributed by atoms with E-state index < -0.39 is 0 Å². The van der Waals surface area contributed by atoms with Crippen molar-refractivity contribution in [1.82, 2.24) is 4.90 Å². The number of aliphatic hydroxyl groups is 1. The van der Waals surface area contributed by atoms with Crippen LogP contribution in [0.15, 0.2) is 12.1 Å². The molecule has 0 spiro atoms. The molecule has 3 rings (SSSR count). The van der Waals surface area contributed by atoms with Crippen LogP contribution >= 0.6 is 11.6 Å². The zero-order chi connectivity index (χ0) is 14.8. The Labute approximate surface area is 128 Å². The maximum atomic E-state index is 12.3. The topological polar surface area (TPSA) is 59.0 Å². The van der Waals surface area contributed by atoms with Gasteiger partial charge in [0, 0.05) is 13.1 Å². The first-order valence-electron chi connectivity index (χ1n) is 7.17. The predicted octanol–water partition coefficient (Wildman–Crippen LogP) is 1.64. The van der Waals surface area contributed by atoms with Gasteiger partial charge in [-0.1, -0.05) is 11.6 Å². The summed E-state index contributed by atoms with van der Waals surface area (Å²) < 4.78 is 11.0. The van der Waals surface area contributed by atoms with Crippen molar-refractivity contribution in [3.8, 4) is 11.5 Å². The molecular weight excluding hydrogens is 294 g/mol. The molecular formula is C15H18ClNO4. The van der Waals surface area contributed by atoms with Gasteiger partial charge >= 0.3 is 0 Å². The first kappa shape index (κ1) is 14.5. The van der Waals surface area contributed by atoms with E-state index in [2.05, 4.69) is 0 Å². The maximum absolute atomic E-state index is 12.3. The Morgan fingerprint density at radius 2 is 2.00 bits per heavy atom. The monoisotopic (exact) mass is 311 g/mol. The van der Waals surface area contributed by atoms with Crippen molar-refractivity contribution in [2.24, 2.45) is 0 Å². The number of benzene rings is 1. The number of amides is 1. The summed E-state index contributed by atoms with van der Waals surface area (Å²) in [6, 6.07) is 3.57. The number of carbonyl (C=O) groups excluding carboxylic acids is 1. The van der Waals surface area contributed by atoms with Crippen molar-refractivity contribution in [3.63, 3.8) is 0 Å². The molecule has 1 aromatic carbocycles. The fourth-order valence-corrected chi connectivity index (χ4v) is 2.96. The van der Waals surface area contributed by atoms with Crippen molar-refractivity contribution >= 4 is 17.5 Å². The molecule has 2 aliphatic heterocycles. The van der Waals surface area contributed by atoms with Gasteiger partial charge in [0.25, 0.3) is 0 Å². The van der Waals surface area contributed by atoms with Crippen LogP contribution in [0.3, 0.4) is 0 Å². The highest BCUT2D eigenvalue weighted by atomic mass is 35.5. The van der Waals surface area contributed by atoms with Gasteiger partial charge in [-0.3, -0.25) is 4.79 Å². The second kappa shape index (κ2) is 6.12. The number of rotatable bonds is 2. The fraction of sp³-hybridized carbons (Fsp3) is 0.533. The second-order valence-electron chi connectivity index (χ2n) is 5.39. The summed E-state index contributed by atoms with van der Waals surface area (Å²) in [5.41, 5.74) is 0.820. The molecule has 1 amide bonds. The quantitative estimate of drug-likeness (QED) is 0.902. The molecule has 0 aliphatic carbocycles. The maximum Gasteiger partial charge on any atom is 0.226 e. The first-order chi connectivity index (χ1) is 10.1. The van der Waals surface area contributed by atoms with E-state index in [0.717, 1.165) is 5.56 Å². The van der Waals surface area contributed by atoms with Crippen molar-refractivity contribution in [2.75, 3.05) is 26.3 Å². The number of likely N-dealkylation sites (tertiary alicyclic amines) is 1. The largest absolute Gasteiger partial charge is 0.486 e. The van der Waals surface area contributed by atoms with Gasteiger partial charge < -0.3 is 19.5 Å². The third-order valence-electron chi connectivity index (χ3n) is 3.83. The average Bonchev–Trinajstić information content (AvgIpc) is 2.48. The molecule has 0 radical (unpaired) electrons. The minimum atomic E-state index is -0.280. The molecule has 2 heterocycles. The molecule has 1 saturated heterocycles. The third-order valence-corrected chi connectivity index (χ3v) is 4.11. The number of piperidine rings is 1. The Kier molecular flexibility index (Phi) is 4.22. The van der Waals surface area contributed by atoms with E-state index in [0.29, 0.717) is 55.7 Å². The van der Waals surface area contributed by atoms with Crippen LogP contribution in [-0.2, 0) is 11.2 Å². The highest BCUT2D eigenvalue weighted by molar-refractivity contribution is 6.32. The third kappa shape index (κ3) is 3.24. The van der Waals surface area contributed by atoms with Gasteiger partial charge in [-0.2, -0.15) is 0 Å². The van der Waals surface area contributed by atoms with E-state index >= 15 is 0 Å². The summed E-state index contributed by atoms with van der Waals surface area (Å²) in [6.07, 6.45) is 1.30. The van der Waals surface area contributed by atoms with Gasteiger partial charge in [0.05, 0.1) is 17.5 Å². The van der Waals surface area contributed by atoms with E-state index in [-0.39, 0.29) is 18.4 Å². The summed E-state index contributed by atoms with van der Waals surface area (Å²) >= 11 is 6.17. The number of aliphatic hydroxyl groups excluding tert-OH is 1. The van der Waals surface area contributed by atoms with E-state index in [1.54, 1.807) is 11.0 Å². The summed E-state index contributed by atoms with van der Waals surface area (Å²) in [5.74, 6) is 1.21. The minimum absolute atomic E-state index is 0.0506. The van der Waals surface area contributed by atoms with Crippen LogP contribution in [0, 0.1) is 0 Å².